The molecule has 0 saturated carbocycles. The number of carbonyl (C=O) groups excluding carboxylic acids is 1. The molecule has 1 atom stereocenters. The fraction of sp³-hybridized carbons (Fsp3) is 0. The van der Waals surface area contributed by atoms with Crippen molar-refractivity contribution in [3.05, 3.63) is 60.2 Å². The number of carbonyl (C=O) groups is 1. The Kier molecular flexibility index (Phi) is 3.63. The fourth-order valence-corrected chi connectivity index (χ4v) is 2.14. The third-order valence-corrected chi connectivity index (χ3v) is 3.27. The maximum absolute atomic E-state index is 11.8. The van der Waals surface area contributed by atoms with E-state index in [1.54, 1.807) is 48.5 Å². The first-order chi connectivity index (χ1) is 8.29. The molecular weight excluding hydrogens is 235 g/mol. The lowest BCUT2D eigenvalue weighted by molar-refractivity contribution is 0.112. The Bertz CT molecular complexity index is 520. The summed E-state index contributed by atoms with van der Waals surface area (Å²) in [6, 6.07) is 15.5. The molecule has 17 heavy (non-hydrogen) atoms. The van der Waals surface area contributed by atoms with Crippen LogP contribution < -0.4 is 9.83 Å². The number of hydrogen-bond acceptors (Lipinski definition) is 3. The molecule has 0 spiro atoms. The Morgan fingerprint density at radius 2 is 1.59 bits per heavy atom. The SMILES string of the molecule is O=Cc1ccc(O[P+](=O)c2ccccc2)cc1. The van der Waals surface area contributed by atoms with Gasteiger partial charge in [-0.2, -0.15) is 0 Å². The number of aldehydes is 1. The largest absolute Gasteiger partial charge is 0.597 e. The molecule has 0 amide bonds. The van der Waals surface area contributed by atoms with Crippen LogP contribution in [-0.2, 0) is 4.57 Å². The van der Waals surface area contributed by atoms with E-state index in [0.29, 0.717) is 16.6 Å². The maximum atomic E-state index is 11.8. The van der Waals surface area contributed by atoms with Crippen LogP contribution in [0.4, 0.5) is 0 Å². The molecule has 0 radical (unpaired) electrons. The third-order valence-electron chi connectivity index (χ3n) is 2.17. The van der Waals surface area contributed by atoms with Crippen LogP contribution >= 0.6 is 8.03 Å². The van der Waals surface area contributed by atoms with Gasteiger partial charge in [-0.25, -0.2) is 0 Å². The summed E-state index contributed by atoms with van der Waals surface area (Å²) in [6.07, 6.45) is 0.751. The zero-order valence-electron chi connectivity index (χ0n) is 8.95. The second kappa shape index (κ2) is 5.37. The van der Waals surface area contributed by atoms with E-state index in [4.69, 9.17) is 4.52 Å². The summed E-state index contributed by atoms with van der Waals surface area (Å²) in [5.41, 5.74) is 0.562. The lowest BCUT2D eigenvalue weighted by atomic mass is 10.2. The topological polar surface area (TPSA) is 43.4 Å². The molecule has 0 bridgehead atoms. The average Bonchev–Trinajstić information content (AvgIpc) is 2.40. The van der Waals surface area contributed by atoms with Gasteiger partial charge in [-0.15, -0.1) is 0 Å². The van der Waals surface area contributed by atoms with Crippen molar-refractivity contribution in [2.45, 2.75) is 0 Å². The number of benzene rings is 2. The summed E-state index contributed by atoms with van der Waals surface area (Å²) in [5, 5.41) is 0.641. The van der Waals surface area contributed by atoms with Crippen molar-refractivity contribution >= 4 is 19.6 Å². The molecule has 0 N–H and O–H groups in total. The van der Waals surface area contributed by atoms with E-state index in [1.807, 2.05) is 6.07 Å². The summed E-state index contributed by atoms with van der Waals surface area (Å²) in [6.45, 7) is 0. The highest BCUT2D eigenvalue weighted by Gasteiger charge is 2.22. The van der Waals surface area contributed by atoms with Crippen molar-refractivity contribution in [3.63, 3.8) is 0 Å². The highest BCUT2D eigenvalue weighted by Crippen LogP contribution is 2.26. The standard InChI is InChI=1S/C13H10O3P/c14-10-11-6-8-12(9-7-11)16-17(15)13-4-2-1-3-5-13/h1-10H/q+1. The minimum Gasteiger partial charge on any atom is -0.298 e. The molecular formula is C13H10O3P+. The van der Waals surface area contributed by atoms with Gasteiger partial charge in [-0.05, 0) is 41.0 Å². The Morgan fingerprint density at radius 3 is 2.18 bits per heavy atom. The Hall–Kier alpha value is -1.99. The van der Waals surface area contributed by atoms with Crippen molar-refractivity contribution in [1.29, 1.82) is 0 Å². The smallest absolute Gasteiger partial charge is 0.298 e. The highest BCUT2D eigenvalue weighted by atomic mass is 31.1. The zero-order valence-corrected chi connectivity index (χ0v) is 9.84. The van der Waals surface area contributed by atoms with Crippen LogP contribution in [0.2, 0.25) is 0 Å². The Balaban J connectivity index is 2.10. The second-order valence-corrected chi connectivity index (χ2v) is 4.58. The zero-order chi connectivity index (χ0) is 12.1. The van der Waals surface area contributed by atoms with Crippen molar-refractivity contribution in [2.75, 3.05) is 0 Å². The molecule has 3 nitrogen and oxygen atoms in total. The minimum atomic E-state index is -1.90. The predicted octanol–water partition coefficient (Wildman–Crippen LogP) is 2.95. The molecule has 0 saturated heterocycles. The van der Waals surface area contributed by atoms with Gasteiger partial charge in [0.2, 0.25) is 5.30 Å². The lowest BCUT2D eigenvalue weighted by Crippen LogP contribution is -1.98. The highest BCUT2D eigenvalue weighted by molar-refractivity contribution is 7.48. The van der Waals surface area contributed by atoms with Crippen LogP contribution in [0.3, 0.4) is 0 Å². The number of rotatable bonds is 4. The van der Waals surface area contributed by atoms with Crippen LogP contribution in [0.5, 0.6) is 5.75 Å². The molecule has 0 aromatic heterocycles. The van der Waals surface area contributed by atoms with Crippen molar-refractivity contribution < 1.29 is 13.9 Å². The lowest BCUT2D eigenvalue weighted by Gasteiger charge is -1.93. The molecule has 2 rings (SSSR count). The van der Waals surface area contributed by atoms with E-state index < -0.39 is 8.03 Å². The molecule has 4 heteroatoms. The summed E-state index contributed by atoms with van der Waals surface area (Å²) >= 11 is 0. The van der Waals surface area contributed by atoms with Crippen LogP contribution in [0, 0.1) is 0 Å². The van der Waals surface area contributed by atoms with Crippen molar-refractivity contribution in [1.82, 2.24) is 0 Å². The van der Waals surface area contributed by atoms with Gasteiger partial charge in [0.05, 0.1) is 0 Å². The third kappa shape index (κ3) is 2.99. The molecule has 2 aromatic rings. The molecule has 0 aliphatic carbocycles. The molecule has 84 valence electrons. The van der Waals surface area contributed by atoms with Gasteiger partial charge >= 0.3 is 8.03 Å². The fourth-order valence-electron chi connectivity index (χ4n) is 1.31. The van der Waals surface area contributed by atoms with E-state index in [9.17, 15) is 9.36 Å². The predicted molar refractivity (Wildman–Crippen MR) is 66.1 cm³/mol. The summed E-state index contributed by atoms with van der Waals surface area (Å²) in [7, 11) is -1.90. The molecule has 2 aromatic carbocycles. The second-order valence-electron chi connectivity index (χ2n) is 3.37. The van der Waals surface area contributed by atoms with Crippen molar-refractivity contribution in [2.24, 2.45) is 0 Å². The van der Waals surface area contributed by atoms with E-state index in [-0.39, 0.29) is 0 Å². The average molecular weight is 245 g/mol. The molecule has 1 unspecified atom stereocenters. The van der Waals surface area contributed by atoms with Crippen LogP contribution in [-0.4, -0.2) is 6.29 Å². The first-order valence-electron chi connectivity index (χ1n) is 5.05. The first-order valence-corrected chi connectivity index (χ1v) is 6.23. The van der Waals surface area contributed by atoms with Gasteiger partial charge in [-0.1, -0.05) is 18.2 Å². The van der Waals surface area contributed by atoms with E-state index in [2.05, 4.69) is 0 Å². The van der Waals surface area contributed by atoms with Gasteiger partial charge in [-0.3, -0.25) is 9.32 Å². The Morgan fingerprint density at radius 1 is 0.941 bits per heavy atom. The molecule has 0 heterocycles. The van der Waals surface area contributed by atoms with E-state index >= 15 is 0 Å². The van der Waals surface area contributed by atoms with Gasteiger partial charge in [0.15, 0.2) is 5.75 Å². The maximum Gasteiger partial charge on any atom is 0.597 e. The van der Waals surface area contributed by atoms with Crippen LogP contribution in [0.15, 0.2) is 54.6 Å². The first kappa shape index (κ1) is 11.5. The van der Waals surface area contributed by atoms with Crippen LogP contribution in [0.1, 0.15) is 10.4 Å². The van der Waals surface area contributed by atoms with Gasteiger partial charge in [0.1, 0.15) is 6.29 Å². The van der Waals surface area contributed by atoms with Gasteiger partial charge in [0, 0.05) is 5.56 Å². The molecule has 0 fully saturated rings. The van der Waals surface area contributed by atoms with Crippen LogP contribution in [0.25, 0.3) is 0 Å². The normalized spacial score (nSPS) is 10.7. The molecule has 0 aliphatic rings. The summed E-state index contributed by atoms with van der Waals surface area (Å²) in [5.74, 6) is 0.487. The van der Waals surface area contributed by atoms with Crippen molar-refractivity contribution in [3.8, 4) is 5.75 Å². The molecule has 0 aliphatic heterocycles. The number of hydrogen-bond donors (Lipinski definition) is 0. The van der Waals surface area contributed by atoms with Gasteiger partial charge in [0.25, 0.3) is 0 Å². The van der Waals surface area contributed by atoms with E-state index in [0.717, 1.165) is 6.29 Å². The van der Waals surface area contributed by atoms with Gasteiger partial charge < -0.3 is 0 Å². The Labute approximate surface area is 99.9 Å². The minimum absolute atomic E-state index is 0.487. The monoisotopic (exact) mass is 245 g/mol. The quantitative estimate of drug-likeness (QED) is 0.614. The summed E-state index contributed by atoms with van der Waals surface area (Å²) < 4.78 is 17.1. The van der Waals surface area contributed by atoms with E-state index in [1.165, 1.54) is 0 Å². The summed E-state index contributed by atoms with van der Waals surface area (Å²) in [4.78, 5) is 10.5.